The van der Waals surface area contributed by atoms with Gasteiger partial charge in [-0.15, -0.1) is 0 Å². The Balaban J connectivity index is 1.93. The van der Waals surface area contributed by atoms with Gasteiger partial charge >= 0.3 is 0 Å². The zero-order valence-electron chi connectivity index (χ0n) is 18.6. The van der Waals surface area contributed by atoms with E-state index in [-0.39, 0.29) is 10.8 Å². The van der Waals surface area contributed by atoms with Gasteiger partial charge < -0.3 is 0 Å². The first-order chi connectivity index (χ1) is 14.9. The zero-order valence-corrected chi connectivity index (χ0v) is 19.5. The van der Waals surface area contributed by atoms with Gasteiger partial charge in [0.25, 0.3) is 0 Å². The fraction of sp³-hybridized carbons (Fsp3) is 0.296. The fourth-order valence-electron chi connectivity index (χ4n) is 3.34. The summed E-state index contributed by atoms with van der Waals surface area (Å²) in [6, 6.07) is 31.5. The van der Waals surface area contributed by atoms with E-state index in [0.29, 0.717) is 0 Å². The molecule has 0 fully saturated rings. The van der Waals surface area contributed by atoms with E-state index < -0.39 is 11.0 Å². The van der Waals surface area contributed by atoms with Crippen LogP contribution in [-0.4, -0.2) is 26.1 Å². The molecule has 162 valence electrons. The van der Waals surface area contributed by atoms with Gasteiger partial charge in [-0.1, -0.05) is 91.0 Å². The Kier molecular flexibility index (Phi) is 8.33. The highest BCUT2D eigenvalue weighted by Gasteiger charge is 2.22. The number of benzene rings is 3. The predicted molar refractivity (Wildman–Crippen MR) is 132 cm³/mol. The lowest BCUT2D eigenvalue weighted by atomic mass is 10.0. The highest BCUT2D eigenvalue weighted by atomic mass is 32.2. The molecule has 3 aromatic rings. The zero-order chi connectivity index (χ0) is 22.1. The summed E-state index contributed by atoms with van der Waals surface area (Å²) >= 11 is 0. The number of rotatable bonds is 9. The molecule has 0 heterocycles. The first-order valence-corrected chi connectivity index (χ1v) is 11.8. The SMILES string of the molecule is CC(C)(C)S(=O)/N=C/[C@H](Cc1ccccc1)N(Cc1ccccc1)Cc1ccccc1. The molecule has 4 heteroatoms. The van der Waals surface area contributed by atoms with Gasteiger partial charge in [0.2, 0.25) is 0 Å². The standard InChI is InChI=1S/C27H32N2OS/c1-27(2,3)31(30)28-20-26(19-23-13-7-4-8-14-23)29(21-24-15-9-5-10-16-24)22-25-17-11-6-12-18-25/h4-18,20,26H,19,21-22H2,1-3H3/b28-20+/t26-,31?/m0/s1. The van der Waals surface area contributed by atoms with Crippen LogP contribution in [0.3, 0.4) is 0 Å². The van der Waals surface area contributed by atoms with Crippen molar-refractivity contribution in [3.05, 3.63) is 108 Å². The average Bonchev–Trinajstić information content (AvgIpc) is 2.77. The molecule has 0 aliphatic heterocycles. The molecule has 3 nitrogen and oxygen atoms in total. The van der Waals surface area contributed by atoms with E-state index in [1.165, 1.54) is 16.7 Å². The Bertz CT molecular complexity index is 925. The number of hydrogen-bond donors (Lipinski definition) is 0. The first-order valence-electron chi connectivity index (χ1n) is 10.7. The van der Waals surface area contributed by atoms with Crippen LogP contribution >= 0.6 is 0 Å². The second kappa shape index (κ2) is 11.2. The number of hydrogen-bond acceptors (Lipinski definition) is 2. The van der Waals surface area contributed by atoms with Gasteiger partial charge in [-0.25, -0.2) is 4.21 Å². The molecule has 0 N–H and O–H groups in total. The maximum absolute atomic E-state index is 12.7. The molecule has 0 spiro atoms. The van der Waals surface area contributed by atoms with Crippen molar-refractivity contribution in [1.82, 2.24) is 4.90 Å². The van der Waals surface area contributed by atoms with Crippen molar-refractivity contribution >= 4 is 17.2 Å². The third-order valence-corrected chi connectivity index (χ3v) is 6.43. The topological polar surface area (TPSA) is 32.7 Å². The highest BCUT2D eigenvalue weighted by molar-refractivity contribution is 7.85. The summed E-state index contributed by atoms with van der Waals surface area (Å²) in [6.45, 7) is 7.46. The first kappa shape index (κ1) is 23.1. The molecule has 3 aromatic carbocycles. The molecular formula is C27H32N2OS. The predicted octanol–water partition coefficient (Wildman–Crippen LogP) is 5.83. The second-order valence-electron chi connectivity index (χ2n) is 8.75. The third kappa shape index (κ3) is 7.57. The van der Waals surface area contributed by atoms with Crippen LogP contribution in [0.25, 0.3) is 0 Å². The smallest absolute Gasteiger partial charge is 0.144 e. The van der Waals surface area contributed by atoms with Crippen LogP contribution in [0.4, 0.5) is 0 Å². The van der Waals surface area contributed by atoms with Crippen molar-refractivity contribution < 1.29 is 4.21 Å². The maximum Gasteiger partial charge on any atom is 0.144 e. The van der Waals surface area contributed by atoms with Crippen LogP contribution in [0.2, 0.25) is 0 Å². The van der Waals surface area contributed by atoms with Gasteiger partial charge in [-0.05, 0) is 43.9 Å². The molecule has 3 rings (SSSR count). The molecule has 0 radical (unpaired) electrons. The summed E-state index contributed by atoms with van der Waals surface area (Å²) in [6.07, 6.45) is 2.71. The molecule has 0 aromatic heterocycles. The Morgan fingerprint density at radius 2 is 1.19 bits per heavy atom. The van der Waals surface area contributed by atoms with Gasteiger partial charge in [0.15, 0.2) is 0 Å². The molecule has 2 atom stereocenters. The Morgan fingerprint density at radius 1 is 0.774 bits per heavy atom. The summed E-state index contributed by atoms with van der Waals surface area (Å²) in [4.78, 5) is 2.42. The van der Waals surface area contributed by atoms with Crippen LogP contribution in [0.15, 0.2) is 95.4 Å². The van der Waals surface area contributed by atoms with Gasteiger partial charge in [0.1, 0.15) is 11.0 Å². The maximum atomic E-state index is 12.7. The lowest BCUT2D eigenvalue weighted by molar-refractivity contribution is 0.225. The average molecular weight is 433 g/mol. The van der Waals surface area contributed by atoms with E-state index in [0.717, 1.165) is 19.5 Å². The van der Waals surface area contributed by atoms with Crippen LogP contribution in [0.1, 0.15) is 37.5 Å². The second-order valence-corrected chi connectivity index (χ2v) is 10.7. The lowest BCUT2D eigenvalue weighted by Crippen LogP contribution is -2.37. The van der Waals surface area contributed by atoms with Gasteiger partial charge in [0.05, 0.1) is 10.8 Å². The van der Waals surface area contributed by atoms with Crippen molar-refractivity contribution in [3.8, 4) is 0 Å². The molecule has 0 bridgehead atoms. The van der Waals surface area contributed by atoms with E-state index in [2.05, 4.69) is 82.1 Å². The summed E-state index contributed by atoms with van der Waals surface area (Å²) in [5.74, 6) is 0. The minimum Gasteiger partial charge on any atom is -0.287 e. The van der Waals surface area contributed by atoms with Crippen molar-refractivity contribution in [2.24, 2.45) is 4.40 Å². The minimum atomic E-state index is -1.28. The number of nitrogens with zero attached hydrogens (tertiary/aromatic N) is 2. The van der Waals surface area contributed by atoms with E-state index in [1.54, 1.807) is 0 Å². The molecule has 0 saturated heterocycles. The van der Waals surface area contributed by atoms with Crippen molar-refractivity contribution in [1.29, 1.82) is 0 Å². The molecule has 0 saturated carbocycles. The third-order valence-electron chi connectivity index (χ3n) is 5.07. The highest BCUT2D eigenvalue weighted by Crippen LogP contribution is 2.18. The van der Waals surface area contributed by atoms with E-state index in [1.807, 2.05) is 45.2 Å². The lowest BCUT2D eigenvalue weighted by Gasteiger charge is -2.30. The van der Waals surface area contributed by atoms with Crippen molar-refractivity contribution in [2.75, 3.05) is 0 Å². The van der Waals surface area contributed by atoms with Gasteiger partial charge in [0, 0.05) is 19.3 Å². The van der Waals surface area contributed by atoms with Crippen LogP contribution in [-0.2, 0) is 30.5 Å². The van der Waals surface area contributed by atoms with Crippen LogP contribution < -0.4 is 0 Å². The molecular weight excluding hydrogens is 400 g/mol. The normalized spacial score (nSPS) is 14.1. The van der Waals surface area contributed by atoms with Crippen LogP contribution in [0.5, 0.6) is 0 Å². The molecule has 0 amide bonds. The van der Waals surface area contributed by atoms with E-state index >= 15 is 0 Å². The Labute approximate surface area is 189 Å². The monoisotopic (exact) mass is 432 g/mol. The fourth-order valence-corrected chi connectivity index (χ4v) is 3.91. The summed E-state index contributed by atoms with van der Waals surface area (Å²) in [5.41, 5.74) is 3.75. The van der Waals surface area contributed by atoms with E-state index in [9.17, 15) is 4.21 Å². The largest absolute Gasteiger partial charge is 0.287 e. The molecule has 0 aliphatic carbocycles. The van der Waals surface area contributed by atoms with Crippen molar-refractivity contribution in [2.45, 2.75) is 51.1 Å². The van der Waals surface area contributed by atoms with Crippen LogP contribution in [0, 0.1) is 0 Å². The minimum absolute atomic E-state index is 0.0223. The summed E-state index contributed by atoms with van der Waals surface area (Å²) in [5, 5.41) is 0. The van der Waals surface area contributed by atoms with E-state index in [4.69, 9.17) is 0 Å². The summed E-state index contributed by atoms with van der Waals surface area (Å²) in [7, 11) is -1.28. The van der Waals surface area contributed by atoms with Crippen molar-refractivity contribution in [3.63, 3.8) is 0 Å². The Hall–Kier alpha value is -2.56. The molecule has 0 aliphatic rings. The van der Waals surface area contributed by atoms with Gasteiger partial charge in [-0.2, -0.15) is 4.40 Å². The molecule has 1 unspecified atom stereocenters. The summed E-state index contributed by atoms with van der Waals surface area (Å²) < 4.78 is 16.8. The van der Waals surface area contributed by atoms with Gasteiger partial charge in [-0.3, -0.25) is 4.90 Å². The molecule has 31 heavy (non-hydrogen) atoms. The quantitative estimate of drug-likeness (QED) is 0.398. The Morgan fingerprint density at radius 3 is 1.61 bits per heavy atom.